The molecule has 0 aliphatic heterocycles. The van der Waals surface area contributed by atoms with Gasteiger partial charge < -0.3 is 5.32 Å². The van der Waals surface area contributed by atoms with Gasteiger partial charge in [-0.15, -0.1) is 0 Å². The molecule has 5 saturated carbocycles. The Balaban J connectivity index is 1.65. The van der Waals surface area contributed by atoms with E-state index in [9.17, 15) is 0 Å². The molecule has 0 spiro atoms. The Morgan fingerprint density at radius 3 is 1.82 bits per heavy atom. The van der Waals surface area contributed by atoms with Crippen LogP contribution in [-0.4, -0.2) is 12.6 Å². The zero-order valence-corrected chi connectivity index (χ0v) is 11.3. The predicted molar refractivity (Wildman–Crippen MR) is 70.8 cm³/mol. The zero-order valence-electron chi connectivity index (χ0n) is 11.3. The van der Waals surface area contributed by atoms with Crippen LogP contribution in [0.5, 0.6) is 0 Å². The number of nitrogens with one attached hydrogen (secondary N) is 1. The van der Waals surface area contributed by atoms with Gasteiger partial charge in [-0.3, -0.25) is 0 Å². The lowest BCUT2D eigenvalue weighted by molar-refractivity contribution is -0.0757. The van der Waals surface area contributed by atoms with Crippen LogP contribution in [0.15, 0.2) is 0 Å². The van der Waals surface area contributed by atoms with Gasteiger partial charge in [0.1, 0.15) is 0 Å². The van der Waals surface area contributed by atoms with Crippen LogP contribution in [0.3, 0.4) is 0 Å². The van der Waals surface area contributed by atoms with Gasteiger partial charge in [0.15, 0.2) is 0 Å². The van der Waals surface area contributed by atoms with Crippen molar-refractivity contribution in [3.8, 4) is 0 Å². The highest BCUT2D eigenvalue weighted by atomic mass is 15.0. The summed E-state index contributed by atoms with van der Waals surface area (Å²) in [5.41, 5.74) is 0.558. The summed E-state index contributed by atoms with van der Waals surface area (Å²) in [7, 11) is 2.25. The SMILES string of the molecule is CNC1(C2[C@H]3C[C@H]4C[C@H](C3)C[C@H]2C4)CCCC1. The molecule has 4 bridgehead atoms. The van der Waals surface area contributed by atoms with Gasteiger partial charge in [0.2, 0.25) is 0 Å². The van der Waals surface area contributed by atoms with Gasteiger partial charge in [0.25, 0.3) is 0 Å². The first-order valence-corrected chi connectivity index (χ1v) is 7.99. The van der Waals surface area contributed by atoms with Crippen LogP contribution in [0.25, 0.3) is 0 Å². The number of hydrogen-bond acceptors (Lipinski definition) is 1. The summed E-state index contributed by atoms with van der Waals surface area (Å²) in [6.07, 6.45) is 13.8. The average molecular weight is 233 g/mol. The first-order chi connectivity index (χ1) is 8.31. The van der Waals surface area contributed by atoms with E-state index in [4.69, 9.17) is 0 Å². The van der Waals surface area contributed by atoms with Gasteiger partial charge in [0, 0.05) is 5.54 Å². The van der Waals surface area contributed by atoms with Crippen molar-refractivity contribution in [2.45, 2.75) is 63.3 Å². The minimum absolute atomic E-state index is 0.558. The van der Waals surface area contributed by atoms with Crippen LogP contribution >= 0.6 is 0 Å². The third-order valence-electron chi connectivity index (χ3n) is 6.86. The molecule has 1 nitrogen and oxygen atoms in total. The topological polar surface area (TPSA) is 12.0 Å². The summed E-state index contributed by atoms with van der Waals surface area (Å²) in [5.74, 6) is 5.49. The van der Waals surface area contributed by atoms with E-state index in [1.807, 2.05) is 0 Å². The Kier molecular flexibility index (Phi) is 2.38. The van der Waals surface area contributed by atoms with Crippen molar-refractivity contribution in [3.05, 3.63) is 0 Å². The van der Waals surface area contributed by atoms with Gasteiger partial charge in [0.05, 0.1) is 0 Å². The fraction of sp³-hybridized carbons (Fsp3) is 1.00. The van der Waals surface area contributed by atoms with Crippen molar-refractivity contribution in [2.24, 2.45) is 29.6 Å². The molecule has 0 amide bonds. The largest absolute Gasteiger partial charge is 0.314 e. The van der Waals surface area contributed by atoms with Gasteiger partial charge in [-0.1, -0.05) is 12.8 Å². The Labute approximate surface area is 106 Å². The van der Waals surface area contributed by atoms with Crippen LogP contribution in [0.1, 0.15) is 57.8 Å². The molecule has 0 aromatic heterocycles. The maximum Gasteiger partial charge on any atom is 0.0212 e. The molecule has 0 aromatic rings. The Hall–Kier alpha value is -0.0400. The molecule has 0 heterocycles. The predicted octanol–water partition coefficient (Wildman–Crippen LogP) is 3.59. The molecule has 5 aliphatic rings. The highest BCUT2D eigenvalue weighted by molar-refractivity contribution is 5.08. The van der Waals surface area contributed by atoms with E-state index in [1.54, 1.807) is 32.1 Å². The summed E-state index contributed by atoms with van der Waals surface area (Å²) in [6, 6.07) is 0. The second kappa shape index (κ2) is 3.73. The zero-order chi connectivity index (χ0) is 11.5. The van der Waals surface area contributed by atoms with Crippen molar-refractivity contribution in [1.29, 1.82) is 0 Å². The monoisotopic (exact) mass is 233 g/mol. The van der Waals surface area contributed by atoms with Gasteiger partial charge in [-0.05, 0) is 81.6 Å². The normalized spacial score (nSPS) is 51.0. The fourth-order valence-corrected chi connectivity index (χ4v) is 6.58. The number of rotatable bonds is 2. The third-order valence-corrected chi connectivity index (χ3v) is 6.86. The van der Waals surface area contributed by atoms with Crippen LogP contribution in [0.2, 0.25) is 0 Å². The molecule has 0 atom stereocenters. The molecule has 0 unspecified atom stereocenters. The van der Waals surface area contributed by atoms with Gasteiger partial charge >= 0.3 is 0 Å². The molecule has 17 heavy (non-hydrogen) atoms. The molecule has 1 N–H and O–H groups in total. The van der Waals surface area contributed by atoms with Crippen LogP contribution < -0.4 is 5.32 Å². The second-order valence-corrected chi connectivity index (χ2v) is 7.57. The molecular weight excluding hydrogens is 206 g/mol. The number of hydrogen-bond donors (Lipinski definition) is 1. The molecule has 0 aromatic carbocycles. The van der Waals surface area contributed by atoms with Crippen LogP contribution in [0.4, 0.5) is 0 Å². The van der Waals surface area contributed by atoms with E-state index >= 15 is 0 Å². The molecule has 0 radical (unpaired) electrons. The molecule has 0 saturated heterocycles. The summed E-state index contributed by atoms with van der Waals surface area (Å²) in [4.78, 5) is 0. The highest BCUT2D eigenvalue weighted by Crippen LogP contribution is 2.61. The Morgan fingerprint density at radius 2 is 1.35 bits per heavy atom. The lowest BCUT2D eigenvalue weighted by atomic mass is 9.48. The van der Waals surface area contributed by atoms with E-state index < -0.39 is 0 Å². The highest BCUT2D eigenvalue weighted by Gasteiger charge is 2.55. The summed E-state index contributed by atoms with van der Waals surface area (Å²) < 4.78 is 0. The van der Waals surface area contributed by atoms with E-state index in [0.717, 1.165) is 29.6 Å². The molecule has 1 heteroatoms. The van der Waals surface area contributed by atoms with Crippen LogP contribution in [0, 0.1) is 29.6 Å². The maximum atomic E-state index is 3.81. The lowest BCUT2D eigenvalue weighted by Gasteiger charge is -2.59. The maximum absolute atomic E-state index is 3.81. The summed E-state index contributed by atoms with van der Waals surface area (Å²) in [6.45, 7) is 0. The summed E-state index contributed by atoms with van der Waals surface area (Å²) in [5, 5.41) is 3.81. The molecule has 5 fully saturated rings. The van der Waals surface area contributed by atoms with Crippen molar-refractivity contribution in [3.63, 3.8) is 0 Å². The Morgan fingerprint density at radius 1 is 0.824 bits per heavy atom. The van der Waals surface area contributed by atoms with Crippen molar-refractivity contribution in [1.82, 2.24) is 5.32 Å². The van der Waals surface area contributed by atoms with Gasteiger partial charge in [-0.25, -0.2) is 0 Å². The van der Waals surface area contributed by atoms with E-state index in [2.05, 4.69) is 12.4 Å². The van der Waals surface area contributed by atoms with Gasteiger partial charge in [-0.2, -0.15) is 0 Å². The van der Waals surface area contributed by atoms with E-state index in [-0.39, 0.29) is 0 Å². The molecular formula is C16H27N. The standard InChI is InChI=1S/C16H27N/c1-17-16(4-2-3-5-16)15-13-7-11-6-12(9-13)10-14(15)8-11/h11-15,17H,2-10H2,1H3/t11-,12-,13-,14+,15?. The van der Waals surface area contributed by atoms with Crippen molar-refractivity contribution < 1.29 is 0 Å². The fourth-order valence-electron chi connectivity index (χ4n) is 6.58. The Bertz CT molecular complexity index is 275. The summed E-state index contributed by atoms with van der Waals surface area (Å²) >= 11 is 0. The molecule has 5 rings (SSSR count). The first kappa shape index (κ1) is 10.8. The quantitative estimate of drug-likeness (QED) is 0.768. The van der Waals surface area contributed by atoms with Crippen molar-refractivity contribution in [2.75, 3.05) is 7.05 Å². The minimum atomic E-state index is 0.558. The smallest absolute Gasteiger partial charge is 0.0212 e. The molecule has 5 aliphatic carbocycles. The minimum Gasteiger partial charge on any atom is -0.314 e. The van der Waals surface area contributed by atoms with E-state index in [0.29, 0.717) is 5.54 Å². The second-order valence-electron chi connectivity index (χ2n) is 7.57. The van der Waals surface area contributed by atoms with Crippen LogP contribution in [-0.2, 0) is 0 Å². The molecule has 96 valence electrons. The lowest BCUT2D eigenvalue weighted by Crippen LogP contribution is -2.58. The first-order valence-electron chi connectivity index (χ1n) is 7.99. The third kappa shape index (κ3) is 1.47. The van der Waals surface area contributed by atoms with Crippen molar-refractivity contribution >= 4 is 0 Å². The average Bonchev–Trinajstić information content (AvgIpc) is 2.77. The van der Waals surface area contributed by atoms with E-state index in [1.165, 1.54) is 25.7 Å².